The summed E-state index contributed by atoms with van der Waals surface area (Å²) in [5.41, 5.74) is 6.74. The van der Waals surface area contributed by atoms with Gasteiger partial charge in [0.05, 0.1) is 21.9 Å². The van der Waals surface area contributed by atoms with E-state index in [9.17, 15) is 29.4 Å². The van der Waals surface area contributed by atoms with Crippen molar-refractivity contribution in [1.82, 2.24) is 18.9 Å². The number of amides is 2. The van der Waals surface area contributed by atoms with Crippen LogP contribution in [0.25, 0.3) is 56.2 Å². The Morgan fingerprint density at radius 2 is 1.05 bits per heavy atom. The number of hydrogen-bond acceptors (Lipinski definition) is 5. The maximum absolute atomic E-state index is 13.4. The number of halogens is 2. The number of nitrogens with zero attached hydrogens (tertiary/aromatic N) is 4. The predicted molar refractivity (Wildman–Crippen MR) is 243 cm³/mol. The number of benzene rings is 4. The average Bonchev–Trinajstić information content (AvgIpc) is 3.83. The second kappa shape index (κ2) is 17.7. The minimum absolute atomic E-state index is 0.171. The van der Waals surface area contributed by atoms with Crippen LogP contribution in [0.4, 0.5) is 0 Å². The standard InChI is InChI=1S/C48H44Cl2N4O6S/c1-51-23-19-31-25-33(7-13-37(31)51)43-29(11-17-41(55)53-21-3-5-35(27-53)47(57)58)9-15-39(45(43)49)61-40-16-10-30(12-18-42(56)54-22-4-6-36(28-54)48(59)60)44(46(40)50)34-8-14-38-32(26-34)20-24-52(38)2/h7-20,23-26,35-36H,3-6,21-22,27-28H2,1-2H3,(H,57,58)(H,59,60)/b17-11+,18-12+. The summed E-state index contributed by atoms with van der Waals surface area (Å²) in [7, 11) is 3.98. The Bertz CT molecular complexity index is 2600. The molecule has 4 aromatic carbocycles. The number of carbonyl (C=O) groups is 4. The van der Waals surface area contributed by atoms with Crippen LogP contribution >= 0.6 is 35.0 Å². The number of carboxylic acid groups (broad SMARTS) is 2. The Morgan fingerprint density at radius 3 is 1.46 bits per heavy atom. The maximum Gasteiger partial charge on any atom is 0.308 e. The zero-order chi connectivity index (χ0) is 42.9. The largest absolute Gasteiger partial charge is 0.481 e. The Kier molecular flexibility index (Phi) is 12.2. The SMILES string of the molecule is Cn1ccc2cc(-c3c(/C=C/C(=O)N4CCCC(C(=O)O)C4)ccc(Sc4ccc(/C=C/C(=O)N5CCCC(C(=O)O)C5)c(-c5ccc6c(ccn6C)c5)c4Cl)c3Cl)ccc21. The van der Waals surface area contributed by atoms with Gasteiger partial charge in [-0.15, -0.1) is 0 Å². The van der Waals surface area contributed by atoms with Gasteiger partial charge in [0.2, 0.25) is 11.8 Å². The topological polar surface area (TPSA) is 125 Å². The number of carbonyl (C=O) groups excluding carboxylic acids is 2. The number of aryl methyl sites for hydroxylation is 2. The molecule has 312 valence electrons. The van der Waals surface area contributed by atoms with E-state index in [0.29, 0.717) is 48.8 Å². The Balaban J connectivity index is 1.17. The summed E-state index contributed by atoms with van der Waals surface area (Å²) >= 11 is 16.2. The third kappa shape index (κ3) is 8.73. The molecule has 2 amide bonds. The van der Waals surface area contributed by atoms with E-state index < -0.39 is 23.8 Å². The molecule has 0 aliphatic carbocycles. The number of hydrogen-bond donors (Lipinski definition) is 2. The summed E-state index contributed by atoms with van der Waals surface area (Å²) in [6, 6.07) is 24.0. The van der Waals surface area contributed by atoms with Gasteiger partial charge in [-0.3, -0.25) is 19.2 Å². The number of rotatable bonds is 10. The smallest absolute Gasteiger partial charge is 0.308 e. The van der Waals surface area contributed by atoms with Gasteiger partial charge in [0, 0.05) is 108 Å². The number of piperidine rings is 2. The number of fused-ring (bicyclic) bond motifs is 2. The normalized spacial score (nSPS) is 17.2. The minimum Gasteiger partial charge on any atom is -0.481 e. The molecule has 4 heterocycles. The van der Waals surface area contributed by atoms with Crippen molar-refractivity contribution in [3.63, 3.8) is 0 Å². The second-order valence-electron chi connectivity index (χ2n) is 15.8. The zero-order valence-electron chi connectivity index (χ0n) is 33.7. The van der Waals surface area contributed by atoms with Crippen LogP contribution in [0.5, 0.6) is 0 Å². The first kappa shape index (κ1) is 42.0. The second-order valence-corrected chi connectivity index (χ2v) is 17.6. The summed E-state index contributed by atoms with van der Waals surface area (Å²) in [5.74, 6) is -3.46. The van der Waals surface area contributed by atoms with Crippen molar-refractivity contribution in [3.05, 3.63) is 119 Å². The van der Waals surface area contributed by atoms with Gasteiger partial charge < -0.3 is 29.1 Å². The van der Waals surface area contributed by atoms with Crippen LogP contribution in [0.1, 0.15) is 36.8 Å². The summed E-state index contributed by atoms with van der Waals surface area (Å²) < 4.78 is 4.09. The maximum atomic E-state index is 13.4. The Hall–Kier alpha value is -5.75. The van der Waals surface area contributed by atoms with Gasteiger partial charge in [0.1, 0.15) is 0 Å². The highest BCUT2D eigenvalue weighted by atomic mass is 35.5. The van der Waals surface area contributed by atoms with Gasteiger partial charge in [0.15, 0.2) is 0 Å². The monoisotopic (exact) mass is 874 g/mol. The van der Waals surface area contributed by atoms with E-state index in [1.54, 1.807) is 22.0 Å². The van der Waals surface area contributed by atoms with E-state index in [1.807, 2.05) is 96.3 Å². The molecule has 2 unspecified atom stereocenters. The summed E-state index contributed by atoms with van der Waals surface area (Å²) in [6.07, 6.45) is 12.8. The van der Waals surface area contributed by atoms with Gasteiger partial charge >= 0.3 is 11.9 Å². The molecule has 61 heavy (non-hydrogen) atoms. The first-order valence-corrected chi connectivity index (χ1v) is 21.8. The fourth-order valence-corrected chi connectivity index (χ4v) is 10.1. The Morgan fingerprint density at radius 1 is 0.623 bits per heavy atom. The van der Waals surface area contributed by atoms with Gasteiger partial charge in [-0.2, -0.15) is 0 Å². The van der Waals surface area contributed by atoms with E-state index in [0.717, 1.165) is 65.0 Å². The van der Waals surface area contributed by atoms with Crippen molar-refractivity contribution >= 4 is 92.7 Å². The van der Waals surface area contributed by atoms with Gasteiger partial charge in [-0.25, -0.2) is 0 Å². The number of carboxylic acids is 2. The van der Waals surface area contributed by atoms with Crippen molar-refractivity contribution in [1.29, 1.82) is 0 Å². The molecular weight excluding hydrogens is 832 g/mol. The molecule has 6 aromatic rings. The minimum atomic E-state index is -0.893. The lowest BCUT2D eigenvalue weighted by Crippen LogP contribution is -2.41. The van der Waals surface area contributed by atoms with Crippen LogP contribution in [0.15, 0.2) is 107 Å². The van der Waals surface area contributed by atoms with E-state index in [2.05, 4.69) is 12.1 Å². The highest BCUT2D eigenvalue weighted by Crippen LogP contribution is 2.47. The number of likely N-dealkylation sites (tertiary alicyclic amines) is 2. The number of aliphatic carboxylic acids is 2. The molecule has 2 aromatic heterocycles. The van der Waals surface area contributed by atoms with E-state index >= 15 is 0 Å². The van der Waals surface area contributed by atoms with Crippen LogP contribution < -0.4 is 0 Å². The molecule has 2 fully saturated rings. The molecule has 2 aliphatic heterocycles. The lowest BCUT2D eigenvalue weighted by Gasteiger charge is -2.29. The van der Waals surface area contributed by atoms with Crippen molar-refractivity contribution in [2.24, 2.45) is 25.9 Å². The zero-order valence-corrected chi connectivity index (χ0v) is 36.0. The lowest BCUT2D eigenvalue weighted by atomic mass is 9.97. The Labute approximate surface area is 367 Å². The number of aromatic nitrogens is 2. The molecule has 0 bridgehead atoms. The average molecular weight is 876 g/mol. The highest BCUT2D eigenvalue weighted by Gasteiger charge is 2.29. The van der Waals surface area contributed by atoms with Crippen molar-refractivity contribution in [2.75, 3.05) is 26.2 Å². The molecule has 2 saturated heterocycles. The van der Waals surface area contributed by atoms with Crippen molar-refractivity contribution < 1.29 is 29.4 Å². The molecule has 2 atom stereocenters. The summed E-state index contributed by atoms with van der Waals surface area (Å²) in [5, 5.41) is 22.2. The third-order valence-corrected chi connectivity index (χ3v) is 14.0. The van der Waals surface area contributed by atoms with Crippen LogP contribution in [0.2, 0.25) is 10.0 Å². The first-order valence-electron chi connectivity index (χ1n) is 20.2. The fourth-order valence-electron chi connectivity index (χ4n) is 8.45. The first-order chi connectivity index (χ1) is 29.4. The molecule has 10 nitrogen and oxygen atoms in total. The molecule has 13 heteroatoms. The quantitative estimate of drug-likeness (QED) is 0.131. The highest BCUT2D eigenvalue weighted by molar-refractivity contribution is 7.99. The van der Waals surface area contributed by atoms with Crippen molar-refractivity contribution in [2.45, 2.75) is 35.5 Å². The van der Waals surface area contributed by atoms with Gasteiger partial charge in [0.25, 0.3) is 0 Å². The summed E-state index contributed by atoms with van der Waals surface area (Å²) in [6.45, 7) is 1.34. The van der Waals surface area contributed by atoms with Crippen molar-refractivity contribution in [3.8, 4) is 22.3 Å². The van der Waals surface area contributed by atoms with Crippen LogP contribution in [0, 0.1) is 11.8 Å². The lowest BCUT2D eigenvalue weighted by molar-refractivity contribution is -0.146. The fraction of sp³-hybridized carbons (Fsp3) is 0.250. The molecule has 8 rings (SSSR count). The van der Waals surface area contributed by atoms with E-state index in [-0.39, 0.29) is 24.9 Å². The predicted octanol–water partition coefficient (Wildman–Crippen LogP) is 10.1. The molecule has 0 saturated carbocycles. The molecule has 2 aliphatic rings. The third-order valence-electron chi connectivity index (χ3n) is 11.8. The van der Waals surface area contributed by atoms with Crippen LogP contribution in [-0.2, 0) is 33.3 Å². The van der Waals surface area contributed by atoms with Crippen LogP contribution in [0.3, 0.4) is 0 Å². The molecule has 0 radical (unpaired) electrons. The molecule has 0 spiro atoms. The van der Waals surface area contributed by atoms with E-state index in [1.165, 1.54) is 23.9 Å². The van der Waals surface area contributed by atoms with E-state index in [4.69, 9.17) is 23.2 Å². The van der Waals surface area contributed by atoms with Gasteiger partial charge in [-0.05, 0) is 109 Å². The van der Waals surface area contributed by atoms with Gasteiger partial charge in [-0.1, -0.05) is 59.2 Å². The molecular formula is C48H44Cl2N4O6S. The molecule has 2 N–H and O–H groups in total. The van der Waals surface area contributed by atoms with Crippen LogP contribution in [-0.4, -0.2) is 79.1 Å². The summed E-state index contributed by atoms with van der Waals surface area (Å²) in [4.78, 5) is 54.8.